The third-order valence-electron chi connectivity index (χ3n) is 2.72. The molecule has 5 nitrogen and oxygen atoms in total. The highest BCUT2D eigenvalue weighted by Gasteiger charge is 2.22. The second kappa shape index (κ2) is 6.25. The number of hydrogen-bond acceptors (Lipinski definition) is 4. The largest absolute Gasteiger partial charge is 0.496 e. The fourth-order valence-electron chi connectivity index (χ4n) is 1.69. The molecular formula is C13H21NO4S. The topological polar surface area (TPSA) is 64.6 Å². The number of ether oxygens (including phenoxy) is 2. The lowest BCUT2D eigenvalue weighted by atomic mass is 10.2. The van der Waals surface area contributed by atoms with E-state index in [4.69, 9.17) is 9.47 Å². The van der Waals surface area contributed by atoms with Crippen LogP contribution in [0, 0.1) is 12.8 Å². The highest BCUT2D eigenvalue weighted by atomic mass is 32.2. The van der Waals surface area contributed by atoms with Gasteiger partial charge < -0.3 is 9.47 Å². The minimum Gasteiger partial charge on any atom is -0.496 e. The predicted octanol–water partition coefficient (Wildman–Crippen LogP) is 1.95. The lowest BCUT2D eigenvalue weighted by Crippen LogP contribution is -2.28. The number of benzene rings is 1. The number of nitrogens with one attached hydrogen (secondary N) is 1. The second-order valence-electron chi connectivity index (χ2n) is 4.67. The fraction of sp³-hybridized carbons (Fsp3) is 0.538. The SMILES string of the molecule is COc1ccc(S(=O)(=O)NCC(C)C)c(OC)c1C. The Morgan fingerprint density at radius 3 is 2.32 bits per heavy atom. The average Bonchev–Trinajstić information content (AvgIpc) is 2.36. The van der Waals surface area contributed by atoms with Gasteiger partial charge in [0.05, 0.1) is 14.2 Å². The quantitative estimate of drug-likeness (QED) is 0.868. The highest BCUT2D eigenvalue weighted by Crippen LogP contribution is 2.33. The first-order chi connectivity index (χ1) is 8.83. The summed E-state index contributed by atoms with van der Waals surface area (Å²) < 4.78 is 37.4. The number of sulfonamides is 1. The summed E-state index contributed by atoms with van der Waals surface area (Å²) in [5, 5.41) is 0. The Morgan fingerprint density at radius 1 is 1.21 bits per heavy atom. The van der Waals surface area contributed by atoms with Gasteiger partial charge in [0.2, 0.25) is 10.0 Å². The highest BCUT2D eigenvalue weighted by molar-refractivity contribution is 7.89. The minimum atomic E-state index is -3.58. The van der Waals surface area contributed by atoms with Crippen molar-refractivity contribution in [2.75, 3.05) is 20.8 Å². The molecule has 0 heterocycles. The van der Waals surface area contributed by atoms with Crippen LogP contribution >= 0.6 is 0 Å². The maximum absolute atomic E-state index is 12.2. The van der Waals surface area contributed by atoms with Gasteiger partial charge in [-0.05, 0) is 25.0 Å². The van der Waals surface area contributed by atoms with Crippen molar-refractivity contribution in [1.82, 2.24) is 4.72 Å². The fourth-order valence-corrected chi connectivity index (χ4v) is 3.13. The van der Waals surface area contributed by atoms with E-state index in [0.717, 1.165) is 0 Å². The van der Waals surface area contributed by atoms with Gasteiger partial charge in [-0.25, -0.2) is 13.1 Å². The molecule has 0 atom stereocenters. The number of methoxy groups -OCH3 is 2. The number of rotatable bonds is 6. The molecular weight excluding hydrogens is 266 g/mol. The van der Waals surface area contributed by atoms with Crippen LogP contribution in [-0.4, -0.2) is 29.2 Å². The first-order valence-electron chi connectivity index (χ1n) is 6.04. The van der Waals surface area contributed by atoms with Crippen LogP contribution < -0.4 is 14.2 Å². The van der Waals surface area contributed by atoms with Gasteiger partial charge in [-0.3, -0.25) is 0 Å². The predicted molar refractivity (Wildman–Crippen MR) is 74.3 cm³/mol. The molecule has 1 aromatic rings. The first-order valence-corrected chi connectivity index (χ1v) is 7.53. The normalized spacial score (nSPS) is 11.7. The van der Waals surface area contributed by atoms with E-state index in [-0.39, 0.29) is 10.8 Å². The zero-order valence-electron chi connectivity index (χ0n) is 12.0. The molecule has 0 unspecified atom stereocenters. The van der Waals surface area contributed by atoms with Crippen molar-refractivity contribution >= 4 is 10.0 Å². The van der Waals surface area contributed by atoms with E-state index in [1.165, 1.54) is 20.3 Å². The van der Waals surface area contributed by atoms with E-state index in [2.05, 4.69) is 4.72 Å². The Morgan fingerprint density at radius 2 is 1.84 bits per heavy atom. The molecule has 0 radical (unpaired) electrons. The standard InChI is InChI=1S/C13H21NO4S/c1-9(2)8-14-19(15,16)12-7-6-11(17-4)10(3)13(12)18-5/h6-7,9,14H,8H2,1-5H3. The molecule has 0 saturated heterocycles. The van der Waals surface area contributed by atoms with Crippen molar-refractivity contribution < 1.29 is 17.9 Å². The zero-order chi connectivity index (χ0) is 14.6. The van der Waals surface area contributed by atoms with Gasteiger partial charge in [-0.15, -0.1) is 0 Å². The van der Waals surface area contributed by atoms with Gasteiger partial charge in [0.15, 0.2) is 0 Å². The summed E-state index contributed by atoms with van der Waals surface area (Å²) in [7, 11) is -0.594. The summed E-state index contributed by atoms with van der Waals surface area (Å²) in [4.78, 5) is 0.133. The van der Waals surface area contributed by atoms with E-state index in [1.807, 2.05) is 13.8 Å². The van der Waals surface area contributed by atoms with Crippen molar-refractivity contribution in [2.45, 2.75) is 25.7 Å². The summed E-state index contributed by atoms with van der Waals surface area (Å²) in [6, 6.07) is 3.12. The summed E-state index contributed by atoms with van der Waals surface area (Å²) >= 11 is 0. The molecule has 0 aliphatic rings. The van der Waals surface area contributed by atoms with Crippen LogP contribution in [0.15, 0.2) is 17.0 Å². The maximum atomic E-state index is 12.2. The third kappa shape index (κ3) is 3.61. The van der Waals surface area contributed by atoms with Crippen LogP contribution in [0.4, 0.5) is 0 Å². The Balaban J connectivity index is 3.23. The van der Waals surface area contributed by atoms with E-state index < -0.39 is 10.0 Å². The molecule has 0 amide bonds. The molecule has 19 heavy (non-hydrogen) atoms. The second-order valence-corrected chi connectivity index (χ2v) is 6.41. The van der Waals surface area contributed by atoms with Crippen molar-refractivity contribution in [1.29, 1.82) is 0 Å². The van der Waals surface area contributed by atoms with Gasteiger partial charge in [0.1, 0.15) is 16.4 Å². The Hall–Kier alpha value is -1.27. The van der Waals surface area contributed by atoms with Gasteiger partial charge in [0.25, 0.3) is 0 Å². The van der Waals surface area contributed by atoms with Crippen molar-refractivity contribution in [3.8, 4) is 11.5 Å². The molecule has 0 aliphatic heterocycles. The minimum absolute atomic E-state index is 0.133. The van der Waals surface area contributed by atoms with Crippen LogP contribution in [0.5, 0.6) is 11.5 Å². The van der Waals surface area contributed by atoms with Gasteiger partial charge >= 0.3 is 0 Å². The smallest absolute Gasteiger partial charge is 0.244 e. The molecule has 0 aromatic heterocycles. The van der Waals surface area contributed by atoms with Crippen LogP contribution in [0.2, 0.25) is 0 Å². The average molecular weight is 287 g/mol. The molecule has 0 bridgehead atoms. The maximum Gasteiger partial charge on any atom is 0.244 e. The molecule has 1 aromatic carbocycles. The Kier molecular flexibility index (Phi) is 5.20. The Bertz CT molecular complexity index is 538. The molecule has 0 spiro atoms. The number of hydrogen-bond donors (Lipinski definition) is 1. The summed E-state index contributed by atoms with van der Waals surface area (Å²) in [6.45, 7) is 6.04. The molecule has 0 aliphatic carbocycles. The molecule has 108 valence electrons. The van der Waals surface area contributed by atoms with Crippen molar-refractivity contribution in [3.05, 3.63) is 17.7 Å². The van der Waals surface area contributed by atoms with E-state index in [1.54, 1.807) is 13.0 Å². The van der Waals surface area contributed by atoms with Crippen molar-refractivity contribution in [3.63, 3.8) is 0 Å². The van der Waals surface area contributed by atoms with E-state index >= 15 is 0 Å². The molecule has 1 N–H and O–H groups in total. The molecule has 6 heteroatoms. The monoisotopic (exact) mass is 287 g/mol. The van der Waals surface area contributed by atoms with Gasteiger partial charge in [-0.1, -0.05) is 13.8 Å². The third-order valence-corrected chi connectivity index (χ3v) is 4.16. The van der Waals surface area contributed by atoms with Crippen LogP contribution in [0.25, 0.3) is 0 Å². The molecule has 0 fully saturated rings. The summed E-state index contributed by atoms with van der Waals surface area (Å²) in [5.74, 6) is 1.15. The lowest BCUT2D eigenvalue weighted by molar-refractivity contribution is 0.380. The van der Waals surface area contributed by atoms with E-state index in [9.17, 15) is 8.42 Å². The summed E-state index contributed by atoms with van der Waals surface area (Å²) in [5.41, 5.74) is 0.664. The first kappa shape index (κ1) is 15.8. The summed E-state index contributed by atoms with van der Waals surface area (Å²) in [6.07, 6.45) is 0. The molecule has 1 rings (SSSR count). The van der Waals surface area contributed by atoms with Crippen LogP contribution in [0.3, 0.4) is 0 Å². The van der Waals surface area contributed by atoms with Crippen LogP contribution in [-0.2, 0) is 10.0 Å². The van der Waals surface area contributed by atoms with Crippen molar-refractivity contribution in [2.24, 2.45) is 5.92 Å². The van der Waals surface area contributed by atoms with Gasteiger partial charge in [0, 0.05) is 12.1 Å². The molecule has 0 saturated carbocycles. The van der Waals surface area contributed by atoms with E-state index in [0.29, 0.717) is 23.6 Å². The van der Waals surface area contributed by atoms with Gasteiger partial charge in [-0.2, -0.15) is 0 Å². The lowest BCUT2D eigenvalue weighted by Gasteiger charge is -2.15. The zero-order valence-corrected chi connectivity index (χ0v) is 12.8. The van der Waals surface area contributed by atoms with Crippen LogP contribution in [0.1, 0.15) is 19.4 Å². The Labute approximate surface area is 115 Å².